The maximum Gasteiger partial charge on any atom is 0.333 e. The Labute approximate surface area is 111 Å². The molecule has 1 heterocycles. The van der Waals surface area contributed by atoms with Gasteiger partial charge in [0.2, 0.25) is 0 Å². The zero-order valence-electron chi connectivity index (χ0n) is 11.5. The molecule has 2 N–H and O–H groups in total. The van der Waals surface area contributed by atoms with Crippen LogP contribution in [-0.4, -0.2) is 14.5 Å². The molecule has 0 aliphatic heterocycles. The number of nitrogens with one attached hydrogen (secondary N) is 2. The summed E-state index contributed by atoms with van der Waals surface area (Å²) < 4.78 is 1.04. The van der Waals surface area contributed by atoms with Crippen molar-refractivity contribution in [1.82, 2.24) is 14.5 Å². The Bertz CT molecular complexity index is 493. The van der Waals surface area contributed by atoms with E-state index in [-0.39, 0.29) is 0 Å². The van der Waals surface area contributed by atoms with Gasteiger partial charge in [0.25, 0.3) is 0 Å². The second kappa shape index (κ2) is 8.50. The van der Waals surface area contributed by atoms with Crippen LogP contribution in [0.4, 0.5) is 0 Å². The van der Waals surface area contributed by atoms with Gasteiger partial charge in [0, 0.05) is 6.54 Å². The van der Waals surface area contributed by atoms with Crippen molar-refractivity contribution in [3.05, 3.63) is 31.5 Å². The van der Waals surface area contributed by atoms with Crippen LogP contribution in [0, 0.1) is 0 Å². The van der Waals surface area contributed by atoms with Crippen LogP contribution in [0.15, 0.2) is 14.4 Å². The number of H-pyrrole nitrogens is 2. The monoisotopic (exact) mass is 269 g/mol. The van der Waals surface area contributed by atoms with E-state index in [9.17, 15) is 14.4 Å². The van der Waals surface area contributed by atoms with Gasteiger partial charge in [-0.05, 0) is 6.42 Å². The third-order valence-corrected chi connectivity index (χ3v) is 3.17. The first kappa shape index (κ1) is 15.5. The van der Waals surface area contributed by atoms with Crippen molar-refractivity contribution in [2.45, 2.75) is 64.8 Å². The van der Waals surface area contributed by atoms with Crippen LogP contribution >= 0.6 is 0 Å². The Morgan fingerprint density at radius 2 is 1.26 bits per heavy atom. The van der Waals surface area contributed by atoms with E-state index in [1.54, 1.807) is 0 Å². The average Bonchev–Trinajstić information content (AvgIpc) is 2.35. The van der Waals surface area contributed by atoms with Gasteiger partial charge < -0.3 is 0 Å². The van der Waals surface area contributed by atoms with Crippen molar-refractivity contribution in [1.29, 1.82) is 0 Å². The summed E-state index contributed by atoms with van der Waals surface area (Å²) >= 11 is 0. The van der Waals surface area contributed by atoms with Crippen LogP contribution in [0.5, 0.6) is 0 Å². The van der Waals surface area contributed by atoms with Crippen molar-refractivity contribution < 1.29 is 0 Å². The number of hydrogen-bond donors (Lipinski definition) is 2. The second-order valence-electron chi connectivity index (χ2n) is 4.82. The van der Waals surface area contributed by atoms with E-state index < -0.39 is 17.1 Å². The van der Waals surface area contributed by atoms with Crippen LogP contribution < -0.4 is 17.1 Å². The summed E-state index contributed by atoms with van der Waals surface area (Å²) in [4.78, 5) is 37.7. The summed E-state index contributed by atoms with van der Waals surface area (Å²) in [7, 11) is 0. The Kier molecular flexibility index (Phi) is 6.92. The van der Waals surface area contributed by atoms with Crippen molar-refractivity contribution in [2.75, 3.05) is 0 Å². The van der Waals surface area contributed by atoms with Gasteiger partial charge in [0.15, 0.2) is 0 Å². The molecule has 0 fully saturated rings. The summed E-state index contributed by atoms with van der Waals surface area (Å²) in [5, 5.41) is 0. The minimum atomic E-state index is -0.748. The molecule has 0 saturated heterocycles. The SMILES string of the molecule is CCCCCCCCCCn1c(=O)[nH]c(=O)[nH]c1=O. The second-order valence-corrected chi connectivity index (χ2v) is 4.82. The molecular formula is C13H23N3O3. The number of hydrogen-bond acceptors (Lipinski definition) is 3. The molecule has 0 spiro atoms. The highest BCUT2D eigenvalue weighted by molar-refractivity contribution is 4.68. The minimum Gasteiger partial charge on any atom is -0.259 e. The Morgan fingerprint density at radius 1 is 0.789 bits per heavy atom. The number of aromatic nitrogens is 3. The largest absolute Gasteiger partial charge is 0.333 e. The molecule has 1 rings (SSSR count). The average molecular weight is 269 g/mol. The molecule has 108 valence electrons. The van der Waals surface area contributed by atoms with Crippen LogP contribution in [0.25, 0.3) is 0 Å². The Morgan fingerprint density at radius 3 is 1.79 bits per heavy atom. The molecule has 6 nitrogen and oxygen atoms in total. The van der Waals surface area contributed by atoms with E-state index in [2.05, 4.69) is 16.9 Å². The van der Waals surface area contributed by atoms with Gasteiger partial charge in [-0.1, -0.05) is 51.9 Å². The highest BCUT2D eigenvalue weighted by Crippen LogP contribution is 2.08. The van der Waals surface area contributed by atoms with Crippen molar-refractivity contribution >= 4 is 0 Å². The van der Waals surface area contributed by atoms with E-state index in [1.165, 1.54) is 32.1 Å². The molecule has 1 aromatic heterocycles. The van der Waals surface area contributed by atoms with Crippen LogP contribution in [0.1, 0.15) is 58.3 Å². The molecule has 0 saturated carbocycles. The van der Waals surface area contributed by atoms with E-state index in [4.69, 9.17) is 0 Å². The Balaban J connectivity index is 2.25. The van der Waals surface area contributed by atoms with E-state index in [0.29, 0.717) is 6.54 Å². The topological polar surface area (TPSA) is 87.7 Å². The molecule has 0 radical (unpaired) electrons. The first-order chi connectivity index (χ1) is 9.15. The molecule has 0 aromatic carbocycles. The first-order valence-electron chi connectivity index (χ1n) is 7.08. The highest BCUT2D eigenvalue weighted by Gasteiger charge is 2.01. The van der Waals surface area contributed by atoms with Gasteiger partial charge in [-0.2, -0.15) is 0 Å². The molecule has 1 aromatic rings. The fourth-order valence-corrected chi connectivity index (χ4v) is 2.06. The maximum absolute atomic E-state index is 11.4. The normalized spacial score (nSPS) is 10.8. The van der Waals surface area contributed by atoms with E-state index in [0.717, 1.165) is 23.8 Å². The molecule has 0 unspecified atom stereocenters. The fraction of sp³-hybridized carbons (Fsp3) is 0.769. The number of unbranched alkanes of at least 4 members (excludes halogenated alkanes) is 7. The number of nitrogens with zero attached hydrogens (tertiary/aromatic N) is 1. The molecule has 0 aliphatic carbocycles. The van der Waals surface area contributed by atoms with Gasteiger partial charge in [0.05, 0.1) is 0 Å². The smallest absolute Gasteiger partial charge is 0.259 e. The minimum absolute atomic E-state index is 0.361. The first-order valence-corrected chi connectivity index (χ1v) is 7.08. The lowest BCUT2D eigenvalue weighted by molar-refractivity contribution is 0.516. The summed E-state index contributed by atoms with van der Waals surface area (Å²) in [6, 6.07) is 0. The lowest BCUT2D eigenvalue weighted by Gasteiger charge is -2.03. The quantitative estimate of drug-likeness (QED) is 0.664. The van der Waals surface area contributed by atoms with Gasteiger partial charge >= 0.3 is 17.1 Å². The molecule has 0 amide bonds. The summed E-state index contributed by atoms with van der Waals surface area (Å²) in [5.74, 6) is 0. The third kappa shape index (κ3) is 5.72. The summed E-state index contributed by atoms with van der Waals surface area (Å²) in [6.45, 7) is 2.55. The van der Waals surface area contributed by atoms with Crippen molar-refractivity contribution in [3.63, 3.8) is 0 Å². The van der Waals surface area contributed by atoms with E-state index in [1.807, 2.05) is 0 Å². The molecule has 0 aliphatic rings. The van der Waals surface area contributed by atoms with Crippen molar-refractivity contribution in [2.24, 2.45) is 0 Å². The molecule has 0 bridgehead atoms. The number of rotatable bonds is 9. The zero-order chi connectivity index (χ0) is 14.1. The standard InChI is InChI=1S/C13H23N3O3/c1-2-3-4-5-6-7-8-9-10-16-12(18)14-11(17)15-13(16)19/h2-10H2,1H3,(H2,14,15,17,18,19). The van der Waals surface area contributed by atoms with Gasteiger partial charge in [-0.3, -0.25) is 9.97 Å². The van der Waals surface area contributed by atoms with Crippen LogP contribution in [0.2, 0.25) is 0 Å². The van der Waals surface area contributed by atoms with Crippen LogP contribution in [-0.2, 0) is 6.54 Å². The predicted molar refractivity (Wildman–Crippen MR) is 74.6 cm³/mol. The highest BCUT2D eigenvalue weighted by atomic mass is 16.2. The fourth-order valence-electron chi connectivity index (χ4n) is 2.06. The lowest BCUT2D eigenvalue weighted by atomic mass is 10.1. The summed E-state index contributed by atoms with van der Waals surface area (Å²) in [5.41, 5.74) is -2.00. The molecule has 19 heavy (non-hydrogen) atoms. The third-order valence-electron chi connectivity index (χ3n) is 3.17. The van der Waals surface area contributed by atoms with Gasteiger partial charge in [0.1, 0.15) is 0 Å². The molecular weight excluding hydrogens is 246 g/mol. The predicted octanol–water partition coefficient (Wildman–Crippen LogP) is 1.37. The van der Waals surface area contributed by atoms with Crippen molar-refractivity contribution in [3.8, 4) is 0 Å². The van der Waals surface area contributed by atoms with E-state index >= 15 is 0 Å². The Hall–Kier alpha value is -1.59. The summed E-state index contributed by atoms with van der Waals surface area (Å²) in [6.07, 6.45) is 9.19. The van der Waals surface area contributed by atoms with Gasteiger partial charge in [-0.25, -0.2) is 19.0 Å². The zero-order valence-corrected chi connectivity index (χ0v) is 11.5. The molecule has 0 atom stereocenters. The molecule has 6 heteroatoms. The van der Waals surface area contributed by atoms with Gasteiger partial charge in [-0.15, -0.1) is 0 Å². The lowest BCUT2D eigenvalue weighted by Crippen LogP contribution is -2.43. The van der Waals surface area contributed by atoms with Crippen LogP contribution in [0.3, 0.4) is 0 Å². The maximum atomic E-state index is 11.4. The number of aromatic amines is 2.